The molecule has 10 heteroatoms. The fourth-order valence-corrected chi connectivity index (χ4v) is 3.79. The van der Waals surface area contributed by atoms with Crippen molar-refractivity contribution in [3.05, 3.63) is 58.7 Å². The van der Waals surface area contributed by atoms with Crippen molar-refractivity contribution in [3.63, 3.8) is 0 Å². The summed E-state index contributed by atoms with van der Waals surface area (Å²) >= 11 is 1.31. The molecule has 0 unspecified atom stereocenters. The Bertz CT molecular complexity index is 1030. The lowest BCUT2D eigenvalue weighted by Gasteiger charge is -2.27. The summed E-state index contributed by atoms with van der Waals surface area (Å²) in [6.45, 7) is 0.250. The molecule has 0 aliphatic carbocycles. The number of anilines is 3. The van der Waals surface area contributed by atoms with Gasteiger partial charge in [0.1, 0.15) is 5.75 Å². The predicted octanol–water partition coefficient (Wildman–Crippen LogP) is 4.89. The molecule has 0 saturated heterocycles. The molecule has 6 nitrogen and oxygen atoms in total. The maximum absolute atomic E-state index is 13.5. The number of ether oxygens (including phenoxy) is 1. The van der Waals surface area contributed by atoms with Crippen LogP contribution in [0.4, 0.5) is 35.2 Å². The second-order valence-corrected chi connectivity index (χ2v) is 6.98. The van der Waals surface area contributed by atoms with Crippen LogP contribution in [0.5, 0.6) is 5.75 Å². The Morgan fingerprint density at radius 3 is 2.79 bits per heavy atom. The van der Waals surface area contributed by atoms with Gasteiger partial charge in [0.15, 0.2) is 5.82 Å². The third kappa shape index (κ3) is 3.51. The van der Waals surface area contributed by atoms with E-state index >= 15 is 0 Å². The molecule has 3 aromatic rings. The average molecular weight is 420 g/mol. The van der Waals surface area contributed by atoms with E-state index in [1.54, 1.807) is 29.2 Å². The van der Waals surface area contributed by atoms with E-state index in [0.29, 0.717) is 23.5 Å². The van der Waals surface area contributed by atoms with Crippen LogP contribution in [-0.4, -0.2) is 29.7 Å². The zero-order chi connectivity index (χ0) is 20.6. The Morgan fingerprint density at radius 1 is 1.34 bits per heavy atom. The van der Waals surface area contributed by atoms with Crippen LogP contribution < -0.4 is 14.5 Å². The van der Waals surface area contributed by atoms with Crippen LogP contribution in [0.1, 0.15) is 11.1 Å². The first kappa shape index (κ1) is 19.2. The van der Waals surface area contributed by atoms with Crippen molar-refractivity contribution in [1.29, 1.82) is 0 Å². The molecule has 1 aliphatic rings. The third-order valence-corrected chi connectivity index (χ3v) is 5.15. The lowest BCUT2D eigenvalue weighted by Crippen LogP contribution is -2.40. The van der Waals surface area contributed by atoms with Gasteiger partial charge in [0.25, 0.3) is 0 Å². The van der Waals surface area contributed by atoms with Crippen molar-refractivity contribution in [1.82, 2.24) is 9.97 Å². The van der Waals surface area contributed by atoms with Crippen molar-refractivity contribution >= 4 is 34.6 Å². The first-order valence-corrected chi connectivity index (χ1v) is 9.52. The van der Waals surface area contributed by atoms with Gasteiger partial charge in [-0.15, -0.1) is 11.3 Å². The second-order valence-electron chi connectivity index (χ2n) is 6.26. The first-order chi connectivity index (χ1) is 13.9. The zero-order valence-electron chi connectivity index (χ0n) is 15.2. The molecular formula is C19H15F3N4O2S. The molecule has 0 saturated carbocycles. The molecule has 0 atom stereocenters. The number of amides is 2. The fourth-order valence-electron chi connectivity index (χ4n) is 3.27. The Hall–Kier alpha value is -3.14. The van der Waals surface area contributed by atoms with E-state index in [1.807, 2.05) is 0 Å². The average Bonchev–Trinajstić information content (AvgIpc) is 3.37. The highest BCUT2D eigenvalue weighted by Crippen LogP contribution is 2.43. The minimum absolute atomic E-state index is 0.215. The minimum Gasteiger partial charge on any atom is -0.496 e. The number of fused-ring (bicyclic) bond motifs is 1. The summed E-state index contributed by atoms with van der Waals surface area (Å²) in [7, 11) is 1.20. The molecule has 0 fully saturated rings. The maximum atomic E-state index is 13.5. The number of hydrogen-bond acceptors (Lipinski definition) is 5. The van der Waals surface area contributed by atoms with Crippen molar-refractivity contribution in [2.45, 2.75) is 12.6 Å². The number of aromatic nitrogens is 2. The Kier molecular flexibility index (Phi) is 4.87. The number of nitrogens with zero attached hydrogens (tertiary/aromatic N) is 4. The topological polar surface area (TPSA) is 58.6 Å². The van der Waals surface area contributed by atoms with E-state index in [-0.39, 0.29) is 18.0 Å². The number of thiazole rings is 1. The zero-order valence-corrected chi connectivity index (χ0v) is 16.0. The summed E-state index contributed by atoms with van der Waals surface area (Å²) < 4.78 is 45.3. The van der Waals surface area contributed by atoms with Crippen molar-refractivity contribution < 1.29 is 22.7 Å². The van der Waals surface area contributed by atoms with Crippen molar-refractivity contribution in [3.8, 4) is 5.75 Å². The van der Waals surface area contributed by atoms with Crippen LogP contribution in [0.15, 0.2) is 47.5 Å². The van der Waals surface area contributed by atoms with Crippen LogP contribution in [-0.2, 0) is 12.6 Å². The summed E-state index contributed by atoms with van der Waals surface area (Å²) in [6, 6.07) is 5.19. The maximum Gasteiger partial charge on any atom is 0.420 e. The molecular weight excluding hydrogens is 405 g/mol. The molecule has 0 N–H and O–H groups in total. The number of urea groups is 1. The summed E-state index contributed by atoms with van der Waals surface area (Å²) in [5, 5.41) is 1.69. The van der Waals surface area contributed by atoms with E-state index < -0.39 is 17.8 Å². The lowest BCUT2D eigenvalue weighted by atomic mass is 10.1. The van der Waals surface area contributed by atoms with Gasteiger partial charge in [-0.2, -0.15) is 13.2 Å². The summed E-state index contributed by atoms with van der Waals surface area (Å²) in [4.78, 5) is 24.3. The van der Waals surface area contributed by atoms with E-state index in [0.717, 1.165) is 6.07 Å². The quantitative estimate of drug-likeness (QED) is 0.606. The molecule has 0 radical (unpaired) electrons. The number of benzene rings is 1. The highest BCUT2D eigenvalue weighted by atomic mass is 32.1. The third-order valence-electron chi connectivity index (χ3n) is 4.58. The van der Waals surface area contributed by atoms with Gasteiger partial charge in [-0.3, -0.25) is 9.88 Å². The van der Waals surface area contributed by atoms with Gasteiger partial charge in [-0.25, -0.2) is 14.7 Å². The molecule has 1 aromatic carbocycles. The Balaban J connectivity index is 1.77. The van der Waals surface area contributed by atoms with Crippen LogP contribution in [0.2, 0.25) is 0 Å². The van der Waals surface area contributed by atoms with E-state index in [4.69, 9.17) is 4.74 Å². The Morgan fingerprint density at radius 2 is 2.17 bits per heavy atom. The fraction of sp³-hybridized carbons (Fsp3) is 0.211. The number of carbonyl (C=O) groups is 1. The normalized spacial score (nSPS) is 13.3. The number of carbonyl (C=O) groups excluding carboxylic acids is 1. The van der Waals surface area contributed by atoms with E-state index in [2.05, 4.69) is 9.97 Å². The smallest absolute Gasteiger partial charge is 0.420 e. The second kappa shape index (κ2) is 7.36. The van der Waals surface area contributed by atoms with Crippen LogP contribution in [0.3, 0.4) is 0 Å². The molecule has 150 valence electrons. The van der Waals surface area contributed by atoms with Crippen LogP contribution in [0, 0.1) is 0 Å². The summed E-state index contributed by atoms with van der Waals surface area (Å²) in [5.41, 5.74) is 1.97. The largest absolute Gasteiger partial charge is 0.496 e. The molecule has 0 spiro atoms. The van der Waals surface area contributed by atoms with Gasteiger partial charge in [0.05, 0.1) is 30.1 Å². The van der Waals surface area contributed by atoms with Crippen molar-refractivity contribution in [2.75, 3.05) is 23.5 Å². The van der Waals surface area contributed by atoms with Gasteiger partial charge >= 0.3 is 12.2 Å². The van der Waals surface area contributed by atoms with Gasteiger partial charge in [0.2, 0.25) is 0 Å². The van der Waals surface area contributed by atoms with E-state index in [9.17, 15) is 18.0 Å². The van der Waals surface area contributed by atoms with Gasteiger partial charge in [-0.1, -0.05) is 0 Å². The SMILES string of the molecule is COc1cc2c(cc1C(F)(F)F)N(C(=O)N(c1cccnc1)c1cscn1)CC2. The molecule has 3 heterocycles. The number of hydrogen-bond donors (Lipinski definition) is 0. The summed E-state index contributed by atoms with van der Waals surface area (Å²) in [6.07, 6.45) is -1.10. The van der Waals surface area contributed by atoms with E-state index in [1.165, 1.54) is 40.5 Å². The number of halogens is 3. The molecule has 0 bridgehead atoms. The molecule has 2 amide bonds. The number of pyridine rings is 1. The molecule has 1 aliphatic heterocycles. The molecule has 4 rings (SSSR count). The number of alkyl halides is 3. The monoisotopic (exact) mass is 420 g/mol. The summed E-state index contributed by atoms with van der Waals surface area (Å²) in [5.74, 6) is 0.125. The molecule has 2 aromatic heterocycles. The predicted molar refractivity (Wildman–Crippen MR) is 103 cm³/mol. The highest BCUT2D eigenvalue weighted by Gasteiger charge is 2.38. The van der Waals surface area contributed by atoms with Crippen LogP contribution >= 0.6 is 11.3 Å². The van der Waals surface area contributed by atoms with Crippen LogP contribution in [0.25, 0.3) is 0 Å². The molecule has 29 heavy (non-hydrogen) atoms. The number of rotatable bonds is 3. The minimum atomic E-state index is -4.60. The lowest BCUT2D eigenvalue weighted by molar-refractivity contribution is -0.138. The van der Waals surface area contributed by atoms with Gasteiger partial charge < -0.3 is 4.74 Å². The first-order valence-electron chi connectivity index (χ1n) is 8.58. The van der Waals surface area contributed by atoms with Gasteiger partial charge in [0, 0.05) is 23.8 Å². The highest BCUT2D eigenvalue weighted by molar-refractivity contribution is 7.08. The van der Waals surface area contributed by atoms with Gasteiger partial charge in [-0.05, 0) is 36.2 Å². The van der Waals surface area contributed by atoms with Crippen molar-refractivity contribution in [2.24, 2.45) is 0 Å². The number of methoxy groups -OCH3 is 1. The Labute approximate surface area is 168 Å². The standard InChI is InChI=1S/C19H15F3N4O2S/c1-28-16-7-12-4-6-25(15(12)8-14(16)19(20,21)22)18(27)26(17-10-29-11-24-17)13-3-2-5-23-9-13/h2-3,5,7-11H,4,6H2,1H3.